The number of hydrogen-bond donors (Lipinski definition) is 2. The molecule has 1 amide bonds. The number of carbonyl (C=O) groups excluding carboxylic acids is 1. The fraction of sp³-hybridized carbons (Fsp3) is 0.889. The highest BCUT2D eigenvalue weighted by Crippen LogP contribution is 2.23. The Hall–Kier alpha value is -0.780. The molecule has 1 rings (SSSR count). The van der Waals surface area contributed by atoms with Crippen molar-refractivity contribution in [3.05, 3.63) is 0 Å². The van der Waals surface area contributed by atoms with Gasteiger partial charge in [-0.1, -0.05) is 13.3 Å². The van der Waals surface area contributed by atoms with Crippen LogP contribution in [-0.2, 0) is 14.6 Å². The number of nitrogens with one attached hydrogen (secondary N) is 2. The third kappa shape index (κ3) is 8.30. The minimum absolute atomic E-state index is 0. The summed E-state index contributed by atoms with van der Waals surface area (Å²) in [5.74, 6) is 0.750. The lowest BCUT2D eigenvalue weighted by Gasteiger charge is -2.39. The summed E-state index contributed by atoms with van der Waals surface area (Å²) < 4.78 is 28.9. The van der Waals surface area contributed by atoms with E-state index in [0.29, 0.717) is 25.6 Å². The van der Waals surface area contributed by atoms with E-state index in [9.17, 15) is 13.2 Å². The number of halogens is 1. The van der Waals surface area contributed by atoms with E-state index in [4.69, 9.17) is 4.74 Å². The molecule has 1 fully saturated rings. The number of carbonyl (C=O) groups is 1. The van der Waals surface area contributed by atoms with Crippen LogP contribution in [0.2, 0.25) is 0 Å². The van der Waals surface area contributed by atoms with Crippen molar-refractivity contribution in [1.82, 2.24) is 15.5 Å². The number of amides is 1. The number of nitrogens with zero attached hydrogens (tertiary/aromatic N) is 2. The van der Waals surface area contributed by atoms with E-state index in [1.165, 1.54) is 0 Å². The van der Waals surface area contributed by atoms with Gasteiger partial charge in [0.25, 0.3) is 0 Å². The number of sulfone groups is 1. The van der Waals surface area contributed by atoms with Gasteiger partial charge >= 0.3 is 6.09 Å². The molecule has 1 aliphatic rings. The van der Waals surface area contributed by atoms with Gasteiger partial charge < -0.3 is 20.3 Å². The molecule has 0 spiro atoms. The molecular weight excluding hydrogens is 495 g/mol. The molecule has 166 valence electrons. The number of ether oxygens (including phenoxy) is 1. The van der Waals surface area contributed by atoms with Gasteiger partial charge in [-0.2, -0.15) is 0 Å². The van der Waals surface area contributed by atoms with Crippen LogP contribution >= 0.6 is 24.0 Å². The van der Waals surface area contributed by atoms with Crippen molar-refractivity contribution < 1.29 is 17.9 Å². The highest BCUT2D eigenvalue weighted by atomic mass is 127. The van der Waals surface area contributed by atoms with Crippen LogP contribution in [0.4, 0.5) is 4.79 Å². The molecule has 0 aromatic carbocycles. The summed E-state index contributed by atoms with van der Waals surface area (Å²) in [4.78, 5) is 18.3. The summed E-state index contributed by atoms with van der Waals surface area (Å²) in [7, 11) is -1.43. The average molecular weight is 532 g/mol. The first-order valence-corrected chi connectivity index (χ1v) is 11.1. The first-order valence-electron chi connectivity index (χ1n) is 9.48. The summed E-state index contributed by atoms with van der Waals surface area (Å²) in [5, 5.41) is 6.16. The second-order valence-electron chi connectivity index (χ2n) is 8.56. The standard InChI is InChI=1S/C18H36N4O4S.HI/c1-8-9-14(21-16(23)26-17(2,3)4)12-20-15(19-7)22-10-11-27(24,25)18(5,6)13-22;/h14H,8-13H2,1-7H3,(H,19,20)(H,21,23);1H. The topological polar surface area (TPSA) is 100 Å². The van der Waals surface area contributed by atoms with E-state index in [0.717, 1.165) is 12.8 Å². The molecular formula is C18H37IN4O4S. The number of hydrogen-bond acceptors (Lipinski definition) is 5. The molecule has 0 bridgehead atoms. The number of aliphatic imine (C=N–C) groups is 1. The molecule has 1 heterocycles. The van der Waals surface area contributed by atoms with Crippen LogP contribution < -0.4 is 10.6 Å². The lowest BCUT2D eigenvalue weighted by Crippen LogP contribution is -2.58. The maximum Gasteiger partial charge on any atom is 0.407 e. The fourth-order valence-corrected chi connectivity index (χ4v) is 4.29. The first-order chi connectivity index (χ1) is 12.3. The Morgan fingerprint density at radius 2 is 1.93 bits per heavy atom. The molecule has 2 N–H and O–H groups in total. The minimum Gasteiger partial charge on any atom is -0.444 e. The van der Waals surface area contributed by atoms with Gasteiger partial charge in [0.1, 0.15) is 5.60 Å². The van der Waals surface area contributed by atoms with Crippen molar-refractivity contribution in [1.29, 1.82) is 0 Å². The van der Waals surface area contributed by atoms with Crippen LogP contribution in [0.1, 0.15) is 54.4 Å². The van der Waals surface area contributed by atoms with Gasteiger partial charge in [0.05, 0.1) is 10.5 Å². The minimum atomic E-state index is -3.11. The van der Waals surface area contributed by atoms with Gasteiger partial charge in [-0.3, -0.25) is 4.99 Å². The summed E-state index contributed by atoms with van der Waals surface area (Å²) >= 11 is 0. The largest absolute Gasteiger partial charge is 0.444 e. The van der Waals surface area contributed by atoms with E-state index in [-0.39, 0.29) is 35.8 Å². The van der Waals surface area contributed by atoms with Crippen molar-refractivity contribution >= 4 is 45.9 Å². The highest BCUT2D eigenvalue weighted by molar-refractivity contribution is 14.0. The Bertz CT molecular complexity index is 644. The third-order valence-corrected chi connectivity index (χ3v) is 6.95. The Morgan fingerprint density at radius 1 is 1.32 bits per heavy atom. The quantitative estimate of drug-likeness (QED) is 0.321. The Labute approximate surface area is 187 Å². The number of alkyl carbamates (subject to hydrolysis) is 1. The summed E-state index contributed by atoms with van der Waals surface area (Å²) in [6.07, 6.45) is 1.27. The van der Waals surface area contributed by atoms with E-state index in [2.05, 4.69) is 22.5 Å². The summed E-state index contributed by atoms with van der Waals surface area (Å²) in [5.41, 5.74) is -0.546. The molecule has 10 heteroatoms. The number of rotatable bonds is 5. The fourth-order valence-electron chi connectivity index (χ4n) is 2.92. The third-order valence-electron chi connectivity index (χ3n) is 4.42. The zero-order valence-corrected chi connectivity index (χ0v) is 21.3. The van der Waals surface area contributed by atoms with E-state index in [1.807, 2.05) is 25.7 Å². The normalized spacial score (nSPS) is 20.0. The van der Waals surface area contributed by atoms with E-state index < -0.39 is 26.3 Å². The van der Waals surface area contributed by atoms with Crippen molar-refractivity contribution in [2.24, 2.45) is 4.99 Å². The second kappa shape index (κ2) is 10.8. The molecule has 0 aliphatic carbocycles. The van der Waals surface area contributed by atoms with Crippen LogP contribution in [0.5, 0.6) is 0 Å². The predicted octanol–water partition coefficient (Wildman–Crippen LogP) is 2.38. The number of guanidine groups is 1. The Kier molecular flexibility index (Phi) is 10.5. The second-order valence-corrected chi connectivity index (χ2v) is 11.3. The van der Waals surface area contributed by atoms with Crippen LogP contribution in [-0.4, -0.2) is 74.2 Å². The van der Waals surface area contributed by atoms with Crippen LogP contribution in [0.25, 0.3) is 0 Å². The van der Waals surface area contributed by atoms with Crippen molar-refractivity contribution in [2.45, 2.75) is 70.8 Å². The van der Waals surface area contributed by atoms with Gasteiger partial charge in [0.2, 0.25) is 0 Å². The van der Waals surface area contributed by atoms with E-state index in [1.54, 1.807) is 20.9 Å². The molecule has 1 saturated heterocycles. The van der Waals surface area contributed by atoms with Crippen molar-refractivity contribution in [3.8, 4) is 0 Å². The lowest BCUT2D eigenvalue weighted by molar-refractivity contribution is 0.0502. The van der Waals surface area contributed by atoms with Crippen molar-refractivity contribution in [3.63, 3.8) is 0 Å². The van der Waals surface area contributed by atoms with Crippen LogP contribution in [0.3, 0.4) is 0 Å². The molecule has 1 atom stereocenters. The molecule has 0 saturated carbocycles. The zero-order valence-electron chi connectivity index (χ0n) is 18.2. The van der Waals surface area contributed by atoms with Crippen LogP contribution in [0, 0.1) is 0 Å². The first kappa shape index (κ1) is 27.2. The van der Waals surface area contributed by atoms with E-state index >= 15 is 0 Å². The Morgan fingerprint density at radius 3 is 2.39 bits per heavy atom. The monoisotopic (exact) mass is 532 g/mol. The molecule has 8 nitrogen and oxygen atoms in total. The summed E-state index contributed by atoms with van der Waals surface area (Å²) in [6, 6.07) is -0.108. The molecule has 1 aliphatic heterocycles. The molecule has 0 aromatic heterocycles. The Balaban J connectivity index is 0.00000729. The predicted molar refractivity (Wildman–Crippen MR) is 124 cm³/mol. The van der Waals surface area contributed by atoms with Gasteiger partial charge in [0, 0.05) is 32.7 Å². The SMILES string of the molecule is CCCC(CNC(=NC)N1CCS(=O)(=O)C(C)(C)C1)NC(=O)OC(C)(C)C.I. The summed E-state index contributed by atoms with van der Waals surface area (Å²) in [6.45, 7) is 12.3. The van der Waals surface area contributed by atoms with Gasteiger partial charge in [0.15, 0.2) is 15.8 Å². The van der Waals surface area contributed by atoms with Gasteiger partial charge in [-0.25, -0.2) is 13.2 Å². The molecule has 0 radical (unpaired) electrons. The maximum atomic E-state index is 12.2. The van der Waals surface area contributed by atoms with Gasteiger partial charge in [-0.05, 0) is 41.0 Å². The molecule has 1 unspecified atom stereocenters. The average Bonchev–Trinajstić information content (AvgIpc) is 2.49. The highest BCUT2D eigenvalue weighted by Gasteiger charge is 2.41. The smallest absolute Gasteiger partial charge is 0.407 e. The van der Waals surface area contributed by atoms with Crippen LogP contribution in [0.15, 0.2) is 4.99 Å². The lowest BCUT2D eigenvalue weighted by atomic mass is 10.1. The van der Waals surface area contributed by atoms with Crippen molar-refractivity contribution in [2.75, 3.05) is 32.4 Å². The zero-order chi connectivity index (χ0) is 20.9. The molecule has 0 aromatic rings. The molecule has 28 heavy (non-hydrogen) atoms. The van der Waals surface area contributed by atoms with Gasteiger partial charge in [-0.15, -0.1) is 24.0 Å². The maximum absolute atomic E-state index is 12.2.